The first-order valence-corrected chi connectivity index (χ1v) is 6.81. The highest BCUT2D eigenvalue weighted by Gasteiger charge is 2.15. The predicted molar refractivity (Wildman–Crippen MR) is 73.4 cm³/mol. The van der Waals surface area contributed by atoms with Crippen LogP contribution in [0, 0.1) is 0 Å². The Hall–Kier alpha value is -0.580. The van der Waals surface area contributed by atoms with Crippen LogP contribution in [0.5, 0.6) is 0 Å². The van der Waals surface area contributed by atoms with E-state index in [0.717, 1.165) is 9.21 Å². The van der Waals surface area contributed by atoms with Crippen LogP contribution in [-0.4, -0.2) is 11.4 Å². The zero-order valence-corrected chi connectivity index (χ0v) is 12.0. The van der Waals surface area contributed by atoms with E-state index in [0.29, 0.717) is 12.8 Å². The summed E-state index contributed by atoms with van der Waals surface area (Å²) >= 11 is 7.34. The largest absolute Gasteiger partial charge is 0.349 e. The van der Waals surface area contributed by atoms with Crippen molar-refractivity contribution in [3.8, 4) is 0 Å². The van der Waals surface area contributed by atoms with Gasteiger partial charge in [0.25, 0.3) is 0 Å². The Morgan fingerprint density at radius 1 is 1.59 bits per heavy atom. The summed E-state index contributed by atoms with van der Waals surface area (Å²) in [6.45, 7) is 5.79. The molecule has 1 aromatic heterocycles. The fraction of sp³-hybridized carbons (Fsp3) is 0.583. The van der Waals surface area contributed by atoms with Gasteiger partial charge in [-0.05, 0) is 39.3 Å². The third kappa shape index (κ3) is 5.52. The van der Waals surface area contributed by atoms with Crippen LogP contribution in [0.15, 0.2) is 12.1 Å². The zero-order chi connectivity index (χ0) is 13.1. The van der Waals surface area contributed by atoms with Gasteiger partial charge in [-0.3, -0.25) is 4.79 Å². The maximum absolute atomic E-state index is 11.7. The van der Waals surface area contributed by atoms with E-state index in [1.54, 1.807) is 0 Å². The number of halogens is 1. The van der Waals surface area contributed by atoms with Gasteiger partial charge in [0.2, 0.25) is 5.91 Å². The van der Waals surface area contributed by atoms with Gasteiger partial charge in [-0.2, -0.15) is 0 Å². The number of nitrogens with two attached hydrogens (primary N) is 1. The topological polar surface area (TPSA) is 55.1 Å². The Balaban J connectivity index is 2.41. The van der Waals surface area contributed by atoms with Gasteiger partial charge in [0.1, 0.15) is 0 Å². The third-order valence-corrected chi connectivity index (χ3v) is 3.81. The first kappa shape index (κ1) is 14.5. The van der Waals surface area contributed by atoms with Gasteiger partial charge in [-0.25, -0.2) is 0 Å². The molecule has 0 aliphatic rings. The van der Waals surface area contributed by atoms with Crippen molar-refractivity contribution in [1.82, 2.24) is 5.32 Å². The summed E-state index contributed by atoms with van der Waals surface area (Å²) in [6.07, 6.45) is 1.13. The van der Waals surface area contributed by atoms with Crippen molar-refractivity contribution < 1.29 is 4.79 Å². The zero-order valence-electron chi connectivity index (χ0n) is 10.4. The monoisotopic (exact) mass is 274 g/mol. The Morgan fingerprint density at radius 3 is 2.71 bits per heavy atom. The summed E-state index contributed by atoms with van der Waals surface area (Å²) in [4.78, 5) is 12.8. The molecule has 1 rings (SSSR count). The minimum Gasteiger partial charge on any atom is -0.349 e. The van der Waals surface area contributed by atoms with Crippen molar-refractivity contribution in [2.24, 2.45) is 5.73 Å². The van der Waals surface area contributed by atoms with Crippen molar-refractivity contribution in [3.05, 3.63) is 21.3 Å². The second kappa shape index (κ2) is 5.85. The molecule has 0 aliphatic carbocycles. The highest BCUT2D eigenvalue weighted by Crippen LogP contribution is 2.26. The summed E-state index contributed by atoms with van der Waals surface area (Å²) < 4.78 is 0.740. The molecule has 0 saturated carbocycles. The number of carbonyl (C=O) groups is 1. The highest BCUT2D eigenvalue weighted by molar-refractivity contribution is 7.16. The quantitative estimate of drug-likeness (QED) is 0.867. The average molecular weight is 275 g/mol. The van der Waals surface area contributed by atoms with E-state index >= 15 is 0 Å². The molecular weight excluding hydrogens is 256 g/mol. The maximum atomic E-state index is 11.7. The van der Waals surface area contributed by atoms with Gasteiger partial charge in [0.15, 0.2) is 0 Å². The molecule has 1 atom stereocenters. The van der Waals surface area contributed by atoms with E-state index in [2.05, 4.69) is 5.32 Å². The van der Waals surface area contributed by atoms with Crippen molar-refractivity contribution in [3.63, 3.8) is 0 Å². The first-order valence-electron chi connectivity index (χ1n) is 5.61. The number of hydrogen-bond acceptors (Lipinski definition) is 3. The number of amides is 1. The lowest BCUT2D eigenvalue weighted by Gasteiger charge is -2.18. The molecule has 17 heavy (non-hydrogen) atoms. The summed E-state index contributed by atoms with van der Waals surface area (Å²) in [6, 6.07) is 3.78. The van der Waals surface area contributed by atoms with E-state index in [-0.39, 0.29) is 17.5 Å². The lowest BCUT2D eigenvalue weighted by Crippen LogP contribution is -2.34. The van der Waals surface area contributed by atoms with Gasteiger partial charge < -0.3 is 11.1 Å². The second-order valence-corrected chi connectivity index (χ2v) is 6.67. The Morgan fingerprint density at radius 2 is 2.24 bits per heavy atom. The van der Waals surface area contributed by atoms with Gasteiger partial charge in [-0.1, -0.05) is 11.6 Å². The van der Waals surface area contributed by atoms with E-state index in [4.69, 9.17) is 17.3 Å². The van der Waals surface area contributed by atoms with Crippen LogP contribution in [-0.2, 0) is 4.79 Å². The van der Waals surface area contributed by atoms with Gasteiger partial charge >= 0.3 is 0 Å². The molecule has 0 radical (unpaired) electrons. The van der Waals surface area contributed by atoms with Gasteiger partial charge in [-0.15, -0.1) is 11.3 Å². The number of thiophene rings is 1. The minimum absolute atomic E-state index is 0.000821. The van der Waals surface area contributed by atoms with Gasteiger partial charge in [0.05, 0.1) is 10.4 Å². The molecule has 0 aromatic carbocycles. The van der Waals surface area contributed by atoms with Crippen LogP contribution in [0.1, 0.15) is 44.5 Å². The molecule has 0 spiro atoms. The SMILES string of the molecule is CC(NC(=O)CCC(C)(C)N)c1ccc(Cl)s1. The first-order chi connectivity index (χ1) is 7.78. The number of carbonyl (C=O) groups excluding carboxylic acids is 1. The molecule has 0 saturated heterocycles. The van der Waals surface area contributed by atoms with Crippen molar-refractivity contribution in [1.29, 1.82) is 0 Å². The predicted octanol–water partition coefficient (Wildman–Crippen LogP) is 3.10. The average Bonchev–Trinajstić information content (AvgIpc) is 2.61. The summed E-state index contributed by atoms with van der Waals surface area (Å²) in [5.74, 6) is 0.0283. The second-order valence-electron chi connectivity index (χ2n) is 4.92. The molecule has 1 aromatic rings. The Kier molecular flexibility index (Phi) is 4.98. The lowest BCUT2D eigenvalue weighted by atomic mass is 10.00. The van der Waals surface area contributed by atoms with Crippen LogP contribution in [0.25, 0.3) is 0 Å². The molecule has 96 valence electrons. The molecule has 0 bridgehead atoms. The summed E-state index contributed by atoms with van der Waals surface area (Å²) in [7, 11) is 0. The molecule has 0 aliphatic heterocycles. The Bertz CT molecular complexity index is 384. The third-order valence-electron chi connectivity index (χ3n) is 2.39. The van der Waals surface area contributed by atoms with E-state index in [1.165, 1.54) is 11.3 Å². The Labute approximate surface area is 111 Å². The molecule has 1 amide bonds. The number of nitrogens with one attached hydrogen (secondary N) is 1. The van der Waals surface area contributed by atoms with E-state index in [1.807, 2.05) is 32.9 Å². The molecule has 1 unspecified atom stereocenters. The highest BCUT2D eigenvalue weighted by atomic mass is 35.5. The standard InChI is InChI=1S/C12H19ClN2OS/c1-8(9-4-5-10(13)17-9)15-11(16)6-7-12(2,3)14/h4-5,8H,6-7,14H2,1-3H3,(H,15,16). The van der Waals surface area contributed by atoms with Crippen molar-refractivity contribution in [2.75, 3.05) is 0 Å². The molecule has 0 fully saturated rings. The van der Waals surface area contributed by atoms with Crippen LogP contribution >= 0.6 is 22.9 Å². The van der Waals surface area contributed by atoms with Crippen molar-refractivity contribution in [2.45, 2.75) is 45.2 Å². The molecule has 3 N–H and O–H groups in total. The van der Waals surface area contributed by atoms with Crippen LogP contribution in [0.4, 0.5) is 0 Å². The fourth-order valence-corrected chi connectivity index (χ4v) is 2.44. The number of hydrogen-bond donors (Lipinski definition) is 2. The molecule has 5 heteroatoms. The van der Waals surface area contributed by atoms with Crippen LogP contribution in [0.3, 0.4) is 0 Å². The summed E-state index contributed by atoms with van der Waals surface area (Å²) in [5, 5.41) is 2.94. The fourth-order valence-electron chi connectivity index (χ4n) is 1.38. The van der Waals surface area contributed by atoms with Crippen molar-refractivity contribution >= 4 is 28.8 Å². The molecule has 1 heterocycles. The molecular formula is C12H19ClN2OS. The van der Waals surface area contributed by atoms with Crippen LogP contribution < -0.4 is 11.1 Å². The lowest BCUT2D eigenvalue weighted by molar-refractivity contribution is -0.122. The number of rotatable bonds is 5. The van der Waals surface area contributed by atoms with E-state index in [9.17, 15) is 4.79 Å². The normalized spacial score (nSPS) is 13.5. The van der Waals surface area contributed by atoms with Gasteiger partial charge in [0, 0.05) is 16.8 Å². The maximum Gasteiger partial charge on any atom is 0.220 e. The smallest absolute Gasteiger partial charge is 0.220 e. The molecule has 3 nitrogen and oxygen atoms in total. The minimum atomic E-state index is -0.299. The van der Waals surface area contributed by atoms with Crippen LogP contribution in [0.2, 0.25) is 4.34 Å². The summed E-state index contributed by atoms with van der Waals surface area (Å²) in [5.41, 5.74) is 5.53. The van der Waals surface area contributed by atoms with E-state index < -0.39 is 0 Å².